The summed E-state index contributed by atoms with van der Waals surface area (Å²) in [6, 6.07) is 5.28. The number of phenolic OH excluding ortho intramolecular Hbond substituents is 1. The van der Waals surface area contributed by atoms with E-state index in [0.29, 0.717) is 5.56 Å². The third kappa shape index (κ3) is 2.15. The number of amides is 1. The molecule has 86 valence electrons. The van der Waals surface area contributed by atoms with E-state index in [1.807, 2.05) is 0 Å². The summed E-state index contributed by atoms with van der Waals surface area (Å²) >= 11 is 2.13. The van der Waals surface area contributed by atoms with E-state index in [0.717, 1.165) is 16.7 Å². The van der Waals surface area contributed by atoms with E-state index in [2.05, 4.69) is 27.9 Å². The first kappa shape index (κ1) is 11.7. The first-order chi connectivity index (χ1) is 7.59. The van der Waals surface area contributed by atoms with Gasteiger partial charge in [-0.15, -0.1) is 0 Å². The summed E-state index contributed by atoms with van der Waals surface area (Å²) in [5, 5.41) is 12.8. The minimum Gasteiger partial charge on any atom is -0.507 e. The third-order valence-corrected chi connectivity index (χ3v) is 3.49. The number of benzene rings is 1. The Morgan fingerprint density at radius 3 is 2.81 bits per heavy atom. The summed E-state index contributed by atoms with van der Waals surface area (Å²) in [6.07, 6.45) is 0. The van der Waals surface area contributed by atoms with Gasteiger partial charge in [-0.3, -0.25) is 4.79 Å². The fourth-order valence-electron chi connectivity index (χ4n) is 1.58. The molecule has 0 aliphatic carbocycles. The fourth-order valence-corrected chi connectivity index (χ4v) is 2.07. The summed E-state index contributed by atoms with van der Waals surface area (Å²) in [6.45, 7) is 1.65. The Morgan fingerprint density at radius 2 is 2.25 bits per heavy atom. The van der Waals surface area contributed by atoms with Crippen LogP contribution in [0.15, 0.2) is 18.2 Å². The highest BCUT2D eigenvalue weighted by Crippen LogP contribution is 2.22. The van der Waals surface area contributed by atoms with Crippen molar-refractivity contribution < 1.29 is 9.90 Å². The second kappa shape index (κ2) is 4.58. The van der Waals surface area contributed by atoms with Crippen molar-refractivity contribution in [3.63, 3.8) is 0 Å². The Morgan fingerprint density at radius 1 is 1.56 bits per heavy atom. The Balaban J connectivity index is 2.22. The molecular formula is C11H13IN2O2. The maximum absolute atomic E-state index is 12.1. The number of aromatic hydroxyl groups is 1. The standard InChI is InChI=1S/C11H13IN2O2/c1-14(8-5-13-6-8)11(16)9-4-7(12)2-3-10(9)15/h2-4,8,13,15H,5-6H2,1H3. The Hall–Kier alpha value is -0.820. The zero-order chi connectivity index (χ0) is 11.7. The minimum absolute atomic E-state index is 0.0459. The van der Waals surface area contributed by atoms with Gasteiger partial charge in [0, 0.05) is 23.7 Å². The van der Waals surface area contributed by atoms with E-state index in [-0.39, 0.29) is 17.7 Å². The fraction of sp³-hybridized carbons (Fsp3) is 0.364. The topological polar surface area (TPSA) is 52.6 Å². The molecule has 5 heteroatoms. The highest BCUT2D eigenvalue weighted by molar-refractivity contribution is 14.1. The van der Waals surface area contributed by atoms with Crippen molar-refractivity contribution in [3.05, 3.63) is 27.3 Å². The van der Waals surface area contributed by atoms with Gasteiger partial charge < -0.3 is 15.3 Å². The van der Waals surface area contributed by atoms with Gasteiger partial charge in [0.1, 0.15) is 5.75 Å². The Bertz CT molecular complexity index is 418. The highest BCUT2D eigenvalue weighted by Gasteiger charge is 2.27. The summed E-state index contributed by atoms with van der Waals surface area (Å²) in [7, 11) is 1.77. The molecule has 0 atom stereocenters. The molecule has 2 rings (SSSR count). The van der Waals surface area contributed by atoms with Gasteiger partial charge >= 0.3 is 0 Å². The minimum atomic E-state index is -0.123. The number of nitrogens with zero attached hydrogens (tertiary/aromatic N) is 1. The summed E-state index contributed by atoms with van der Waals surface area (Å²) < 4.78 is 0.943. The normalized spacial score (nSPS) is 15.6. The lowest BCUT2D eigenvalue weighted by molar-refractivity contribution is 0.0678. The van der Waals surface area contributed by atoms with Crippen LogP contribution in [0.1, 0.15) is 10.4 Å². The molecule has 0 radical (unpaired) electrons. The number of rotatable bonds is 2. The van der Waals surface area contributed by atoms with Crippen LogP contribution < -0.4 is 5.32 Å². The number of carbonyl (C=O) groups is 1. The van der Waals surface area contributed by atoms with Gasteiger partial charge in [0.15, 0.2) is 0 Å². The molecule has 2 N–H and O–H groups in total. The third-order valence-electron chi connectivity index (χ3n) is 2.82. The van der Waals surface area contributed by atoms with Crippen molar-refractivity contribution in [2.24, 2.45) is 0 Å². The Kier molecular flexibility index (Phi) is 3.34. The first-order valence-corrected chi connectivity index (χ1v) is 6.14. The number of likely N-dealkylation sites (N-methyl/N-ethyl adjacent to an activating group) is 1. The van der Waals surface area contributed by atoms with Gasteiger partial charge in [0.05, 0.1) is 11.6 Å². The smallest absolute Gasteiger partial charge is 0.257 e. The van der Waals surface area contributed by atoms with Crippen molar-refractivity contribution >= 4 is 28.5 Å². The van der Waals surface area contributed by atoms with E-state index < -0.39 is 0 Å². The molecule has 0 unspecified atom stereocenters. The predicted octanol–water partition coefficient (Wildman–Crippen LogP) is 1.04. The van der Waals surface area contributed by atoms with E-state index >= 15 is 0 Å². The molecule has 16 heavy (non-hydrogen) atoms. The van der Waals surface area contributed by atoms with Gasteiger partial charge in [-0.05, 0) is 40.8 Å². The summed E-state index contributed by atoms with van der Waals surface area (Å²) in [5.41, 5.74) is 0.376. The Labute approximate surface area is 108 Å². The number of hydrogen-bond donors (Lipinski definition) is 2. The zero-order valence-corrected chi connectivity index (χ0v) is 11.1. The van der Waals surface area contributed by atoms with Crippen LogP contribution in [-0.4, -0.2) is 42.1 Å². The lowest BCUT2D eigenvalue weighted by Crippen LogP contribution is -2.57. The molecule has 0 bridgehead atoms. The zero-order valence-electron chi connectivity index (χ0n) is 8.90. The van der Waals surface area contributed by atoms with Crippen molar-refractivity contribution in [3.8, 4) is 5.75 Å². The number of carbonyl (C=O) groups excluding carboxylic acids is 1. The lowest BCUT2D eigenvalue weighted by Gasteiger charge is -2.35. The first-order valence-electron chi connectivity index (χ1n) is 5.06. The second-order valence-corrected chi connectivity index (χ2v) is 5.14. The molecule has 1 aliphatic heterocycles. The van der Waals surface area contributed by atoms with Gasteiger partial charge in [-0.1, -0.05) is 0 Å². The molecule has 1 heterocycles. The molecule has 0 saturated carbocycles. The van der Waals surface area contributed by atoms with Crippen LogP contribution in [-0.2, 0) is 0 Å². The maximum Gasteiger partial charge on any atom is 0.257 e. The molecule has 4 nitrogen and oxygen atoms in total. The molecule has 0 aromatic heterocycles. The maximum atomic E-state index is 12.1. The molecule has 1 aromatic carbocycles. The average molecular weight is 332 g/mol. The molecule has 1 aliphatic rings. The van der Waals surface area contributed by atoms with Crippen molar-refractivity contribution in [1.29, 1.82) is 0 Å². The van der Waals surface area contributed by atoms with Crippen LogP contribution in [0.4, 0.5) is 0 Å². The van der Waals surface area contributed by atoms with Crippen molar-refractivity contribution in [2.45, 2.75) is 6.04 Å². The van der Waals surface area contributed by atoms with Crippen LogP contribution in [0, 0.1) is 3.57 Å². The quantitative estimate of drug-likeness (QED) is 0.796. The highest BCUT2D eigenvalue weighted by atomic mass is 127. The van der Waals surface area contributed by atoms with E-state index in [1.165, 1.54) is 0 Å². The molecular weight excluding hydrogens is 319 g/mol. The van der Waals surface area contributed by atoms with Gasteiger partial charge in [0.25, 0.3) is 5.91 Å². The molecule has 1 fully saturated rings. The van der Waals surface area contributed by atoms with Crippen molar-refractivity contribution in [2.75, 3.05) is 20.1 Å². The van der Waals surface area contributed by atoms with E-state index in [1.54, 1.807) is 30.1 Å². The van der Waals surface area contributed by atoms with Gasteiger partial charge in [-0.25, -0.2) is 0 Å². The van der Waals surface area contributed by atoms with Crippen LogP contribution in [0.25, 0.3) is 0 Å². The van der Waals surface area contributed by atoms with Crippen LogP contribution in [0.3, 0.4) is 0 Å². The van der Waals surface area contributed by atoms with Crippen molar-refractivity contribution in [1.82, 2.24) is 10.2 Å². The van der Waals surface area contributed by atoms with Gasteiger partial charge in [0.2, 0.25) is 0 Å². The van der Waals surface area contributed by atoms with E-state index in [9.17, 15) is 9.90 Å². The van der Waals surface area contributed by atoms with Crippen LogP contribution in [0.2, 0.25) is 0 Å². The monoisotopic (exact) mass is 332 g/mol. The number of halogens is 1. The second-order valence-electron chi connectivity index (χ2n) is 3.89. The SMILES string of the molecule is CN(C(=O)c1cc(I)ccc1O)C1CNC1. The van der Waals surface area contributed by atoms with Gasteiger partial charge in [-0.2, -0.15) is 0 Å². The summed E-state index contributed by atoms with van der Waals surface area (Å²) in [5.74, 6) is -0.0768. The number of nitrogens with one attached hydrogen (secondary N) is 1. The molecule has 1 aromatic rings. The largest absolute Gasteiger partial charge is 0.507 e. The lowest BCUT2D eigenvalue weighted by atomic mass is 10.1. The molecule has 1 saturated heterocycles. The predicted molar refractivity (Wildman–Crippen MR) is 69.6 cm³/mol. The number of phenols is 1. The summed E-state index contributed by atoms with van der Waals surface area (Å²) in [4.78, 5) is 13.8. The number of hydrogen-bond acceptors (Lipinski definition) is 3. The van der Waals surface area contributed by atoms with Crippen LogP contribution >= 0.6 is 22.6 Å². The molecule has 0 spiro atoms. The average Bonchev–Trinajstić information content (AvgIpc) is 2.18. The van der Waals surface area contributed by atoms with E-state index in [4.69, 9.17) is 0 Å². The van der Waals surface area contributed by atoms with Crippen LogP contribution in [0.5, 0.6) is 5.75 Å². The molecule has 1 amide bonds.